The van der Waals surface area contributed by atoms with Crippen LogP contribution in [0, 0.1) is 0 Å². The highest BCUT2D eigenvalue weighted by molar-refractivity contribution is 7.13. The van der Waals surface area contributed by atoms with E-state index in [2.05, 4.69) is 45.9 Å². The Morgan fingerprint density at radius 1 is 1.00 bits per heavy atom. The van der Waals surface area contributed by atoms with Crippen molar-refractivity contribution in [2.45, 2.75) is 57.5 Å². The molecule has 35 heavy (non-hydrogen) atoms. The number of hydrogen-bond acceptors (Lipinski definition) is 5. The van der Waals surface area contributed by atoms with E-state index in [-0.39, 0.29) is 11.9 Å². The Hall–Kier alpha value is -3.25. The fraction of sp³-hybridized carbons (Fsp3) is 0.345. The molecule has 1 amide bonds. The summed E-state index contributed by atoms with van der Waals surface area (Å²) in [5.41, 5.74) is 2.07. The molecule has 1 N–H and O–H groups in total. The SMILES string of the molecule is CC(NC(=O)CCN(c1nc(-c2cccs2)nc2ccccc12)C1CCCCC1)c1ccccc1. The van der Waals surface area contributed by atoms with Gasteiger partial charge in [-0.1, -0.05) is 67.8 Å². The number of thiophene rings is 1. The van der Waals surface area contributed by atoms with Crippen molar-refractivity contribution in [1.29, 1.82) is 0 Å². The van der Waals surface area contributed by atoms with E-state index in [1.54, 1.807) is 11.3 Å². The summed E-state index contributed by atoms with van der Waals surface area (Å²) in [6.07, 6.45) is 6.42. The summed E-state index contributed by atoms with van der Waals surface area (Å²) in [5, 5.41) is 6.29. The van der Waals surface area contributed by atoms with E-state index >= 15 is 0 Å². The van der Waals surface area contributed by atoms with Crippen LogP contribution in [-0.4, -0.2) is 28.5 Å². The first kappa shape index (κ1) is 23.5. The number of carbonyl (C=O) groups excluding carboxylic acids is 1. The number of hydrogen-bond donors (Lipinski definition) is 1. The molecule has 1 unspecified atom stereocenters. The fourth-order valence-corrected chi connectivity index (χ4v) is 5.67. The first-order valence-corrected chi connectivity index (χ1v) is 13.5. The summed E-state index contributed by atoms with van der Waals surface area (Å²) in [7, 11) is 0. The lowest BCUT2D eigenvalue weighted by molar-refractivity contribution is -0.121. The third-order valence-corrected chi connectivity index (χ3v) is 7.73. The molecule has 1 saturated carbocycles. The van der Waals surface area contributed by atoms with E-state index in [0.717, 1.165) is 45.8 Å². The maximum Gasteiger partial charge on any atom is 0.222 e. The predicted molar refractivity (Wildman–Crippen MR) is 145 cm³/mol. The largest absolute Gasteiger partial charge is 0.352 e. The van der Waals surface area contributed by atoms with Gasteiger partial charge in [-0.05, 0) is 48.9 Å². The van der Waals surface area contributed by atoms with Gasteiger partial charge in [0.25, 0.3) is 0 Å². The molecule has 6 heteroatoms. The summed E-state index contributed by atoms with van der Waals surface area (Å²) < 4.78 is 0. The number of nitrogens with one attached hydrogen (secondary N) is 1. The van der Waals surface area contributed by atoms with Gasteiger partial charge in [-0.25, -0.2) is 9.97 Å². The molecule has 5 nitrogen and oxygen atoms in total. The van der Waals surface area contributed by atoms with Crippen LogP contribution >= 0.6 is 11.3 Å². The Bertz CT molecular complexity index is 1250. The van der Waals surface area contributed by atoms with E-state index in [0.29, 0.717) is 19.0 Å². The van der Waals surface area contributed by atoms with Crippen molar-refractivity contribution in [2.24, 2.45) is 0 Å². The van der Waals surface area contributed by atoms with Crippen LogP contribution in [0.25, 0.3) is 21.6 Å². The van der Waals surface area contributed by atoms with Crippen LogP contribution < -0.4 is 10.2 Å². The second-order valence-electron chi connectivity index (χ2n) is 9.30. The van der Waals surface area contributed by atoms with Crippen LogP contribution in [0.2, 0.25) is 0 Å². The van der Waals surface area contributed by atoms with Crippen molar-refractivity contribution in [2.75, 3.05) is 11.4 Å². The fourth-order valence-electron chi connectivity index (χ4n) is 5.01. The number of amides is 1. The number of rotatable bonds is 8. The molecule has 0 radical (unpaired) electrons. The smallest absolute Gasteiger partial charge is 0.222 e. The normalized spacial score (nSPS) is 15.1. The summed E-state index contributed by atoms with van der Waals surface area (Å²) in [6.45, 7) is 2.68. The molecule has 5 rings (SSSR count). The average molecular weight is 485 g/mol. The van der Waals surface area contributed by atoms with Gasteiger partial charge >= 0.3 is 0 Å². The number of benzene rings is 2. The first-order chi connectivity index (χ1) is 17.2. The van der Waals surface area contributed by atoms with Gasteiger partial charge in [0.15, 0.2) is 5.82 Å². The van der Waals surface area contributed by atoms with Crippen LogP contribution in [-0.2, 0) is 4.79 Å². The zero-order valence-electron chi connectivity index (χ0n) is 20.2. The summed E-state index contributed by atoms with van der Waals surface area (Å²) in [6, 6.07) is 22.8. The second kappa shape index (κ2) is 11.0. The lowest BCUT2D eigenvalue weighted by atomic mass is 9.93. The Morgan fingerprint density at radius 3 is 2.54 bits per heavy atom. The van der Waals surface area contributed by atoms with Gasteiger partial charge in [-0.3, -0.25) is 4.79 Å². The summed E-state index contributed by atoms with van der Waals surface area (Å²) in [4.78, 5) is 26.4. The van der Waals surface area contributed by atoms with Crippen LogP contribution in [0.1, 0.15) is 57.1 Å². The molecule has 2 aromatic heterocycles. The molecule has 180 valence electrons. The van der Waals surface area contributed by atoms with Crippen molar-refractivity contribution >= 4 is 34.0 Å². The molecule has 4 aromatic rings. The number of fused-ring (bicyclic) bond motifs is 1. The molecular weight excluding hydrogens is 452 g/mol. The number of aromatic nitrogens is 2. The molecule has 1 atom stereocenters. The number of para-hydroxylation sites is 1. The zero-order valence-corrected chi connectivity index (χ0v) is 21.0. The zero-order chi connectivity index (χ0) is 24.0. The minimum absolute atomic E-state index is 0.0165. The lowest BCUT2D eigenvalue weighted by Gasteiger charge is -2.36. The third kappa shape index (κ3) is 5.54. The number of nitrogens with zero attached hydrogens (tertiary/aromatic N) is 3. The molecule has 1 fully saturated rings. The first-order valence-electron chi connectivity index (χ1n) is 12.6. The Balaban J connectivity index is 1.43. The van der Waals surface area contributed by atoms with Gasteiger partial charge in [-0.2, -0.15) is 0 Å². The van der Waals surface area contributed by atoms with E-state index < -0.39 is 0 Å². The van der Waals surface area contributed by atoms with Gasteiger partial charge in [0.05, 0.1) is 16.4 Å². The minimum atomic E-state index is -0.0165. The standard InChI is InChI=1S/C29H32N4OS/c1-21(22-11-4-2-5-12-22)30-27(34)18-19-33(23-13-6-3-7-14-23)29-24-15-8-9-16-25(24)31-28(32-29)26-17-10-20-35-26/h2,4-5,8-12,15-17,20-21,23H,3,6-7,13-14,18-19H2,1H3,(H,30,34). The van der Waals surface area contributed by atoms with Crippen LogP contribution in [0.15, 0.2) is 72.1 Å². The van der Waals surface area contributed by atoms with E-state index in [1.807, 2.05) is 43.3 Å². The second-order valence-corrected chi connectivity index (χ2v) is 10.2. The lowest BCUT2D eigenvalue weighted by Crippen LogP contribution is -2.40. The van der Waals surface area contributed by atoms with Gasteiger partial charge in [0.2, 0.25) is 5.91 Å². The van der Waals surface area contributed by atoms with Crippen molar-refractivity contribution in [3.8, 4) is 10.7 Å². The van der Waals surface area contributed by atoms with E-state index in [4.69, 9.17) is 9.97 Å². The highest BCUT2D eigenvalue weighted by Crippen LogP contribution is 2.33. The Labute approximate surface area is 211 Å². The van der Waals surface area contributed by atoms with Crippen molar-refractivity contribution in [3.63, 3.8) is 0 Å². The van der Waals surface area contributed by atoms with E-state index in [1.165, 1.54) is 19.3 Å². The summed E-state index contributed by atoms with van der Waals surface area (Å²) in [5.74, 6) is 1.78. The van der Waals surface area contributed by atoms with Crippen molar-refractivity contribution < 1.29 is 4.79 Å². The maximum atomic E-state index is 13.0. The molecular formula is C29H32N4OS. The van der Waals surface area contributed by atoms with Crippen LogP contribution in [0.4, 0.5) is 5.82 Å². The van der Waals surface area contributed by atoms with E-state index in [9.17, 15) is 4.79 Å². The Kier molecular flexibility index (Phi) is 7.38. The van der Waals surface area contributed by atoms with Crippen LogP contribution in [0.3, 0.4) is 0 Å². The molecule has 0 saturated heterocycles. The van der Waals surface area contributed by atoms with Gasteiger partial charge in [0.1, 0.15) is 5.82 Å². The summed E-state index contributed by atoms with van der Waals surface area (Å²) >= 11 is 1.66. The van der Waals surface area contributed by atoms with Gasteiger partial charge in [0, 0.05) is 24.4 Å². The minimum Gasteiger partial charge on any atom is -0.352 e. The monoisotopic (exact) mass is 484 g/mol. The molecule has 1 aliphatic carbocycles. The molecule has 2 heterocycles. The highest BCUT2D eigenvalue weighted by Gasteiger charge is 2.26. The van der Waals surface area contributed by atoms with Crippen LogP contribution in [0.5, 0.6) is 0 Å². The molecule has 2 aromatic carbocycles. The highest BCUT2D eigenvalue weighted by atomic mass is 32.1. The molecule has 1 aliphatic rings. The van der Waals surface area contributed by atoms with Gasteiger partial charge < -0.3 is 10.2 Å². The Morgan fingerprint density at radius 2 is 1.77 bits per heavy atom. The maximum absolute atomic E-state index is 13.0. The number of carbonyl (C=O) groups is 1. The van der Waals surface area contributed by atoms with Gasteiger partial charge in [-0.15, -0.1) is 11.3 Å². The number of anilines is 1. The molecule has 0 spiro atoms. The molecule has 0 aliphatic heterocycles. The van der Waals surface area contributed by atoms with Crippen molar-refractivity contribution in [1.82, 2.24) is 15.3 Å². The third-order valence-electron chi connectivity index (χ3n) is 6.87. The average Bonchev–Trinajstić information content (AvgIpc) is 3.45. The molecule has 0 bridgehead atoms. The van der Waals surface area contributed by atoms with Crippen molar-refractivity contribution in [3.05, 3.63) is 77.7 Å². The predicted octanol–water partition coefficient (Wildman–Crippen LogP) is 6.76. The quantitative estimate of drug-likeness (QED) is 0.300. The topological polar surface area (TPSA) is 58.1 Å².